The molecule has 19 heavy (non-hydrogen) atoms. The van der Waals surface area contributed by atoms with Gasteiger partial charge in [0.15, 0.2) is 0 Å². The topological polar surface area (TPSA) is 108 Å². The molecule has 0 saturated carbocycles. The number of amides is 2. The van der Waals surface area contributed by atoms with Gasteiger partial charge in [0.2, 0.25) is 11.8 Å². The Balaban J connectivity index is 2.36. The number of aliphatic hydroxyl groups is 1. The summed E-state index contributed by atoms with van der Waals surface area (Å²) in [6.45, 7) is 2.87. The van der Waals surface area contributed by atoms with Crippen molar-refractivity contribution in [3.05, 3.63) is 0 Å². The van der Waals surface area contributed by atoms with Crippen molar-refractivity contribution in [2.24, 2.45) is 11.7 Å². The van der Waals surface area contributed by atoms with E-state index in [1.54, 1.807) is 6.92 Å². The molecule has 1 fully saturated rings. The molecule has 1 rings (SSSR count). The van der Waals surface area contributed by atoms with E-state index < -0.39 is 12.0 Å². The van der Waals surface area contributed by atoms with Gasteiger partial charge in [0, 0.05) is 32.5 Å². The van der Waals surface area contributed by atoms with Gasteiger partial charge in [-0.25, -0.2) is 5.01 Å². The average molecular weight is 272 g/mol. The second-order valence-electron chi connectivity index (χ2n) is 5.16. The summed E-state index contributed by atoms with van der Waals surface area (Å²) in [5.41, 5.74) is 8.17. The molecule has 1 aliphatic rings. The van der Waals surface area contributed by atoms with Crippen LogP contribution < -0.4 is 16.5 Å². The number of hydrazine groups is 1. The van der Waals surface area contributed by atoms with Crippen molar-refractivity contribution >= 4 is 11.8 Å². The van der Waals surface area contributed by atoms with Crippen LogP contribution in [0.2, 0.25) is 0 Å². The minimum absolute atomic E-state index is 0.151. The van der Waals surface area contributed by atoms with E-state index in [0.717, 1.165) is 6.54 Å². The fourth-order valence-corrected chi connectivity index (χ4v) is 1.93. The summed E-state index contributed by atoms with van der Waals surface area (Å²) in [5, 5.41) is 14.6. The molecule has 1 aliphatic heterocycles. The van der Waals surface area contributed by atoms with Crippen LogP contribution in [0.4, 0.5) is 0 Å². The minimum Gasteiger partial charge on any atom is -0.390 e. The lowest BCUT2D eigenvalue weighted by Crippen LogP contribution is -2.46. The number of rotatable bonds is 5. The Morgan fingerprint density at radius 3 is 2.89 bits per heavy atom. The Kier molecular flexibility index (Phi) is 6.20. The number of carbonyl (C=O) groups is 2. The molecule has 1 saturated heterocycles. The summed E-state index contributed by atoms with van der Waals surface area (Å²) in [6, 6.07) is -0.256. The number of nitrogens with zero attached hydrogens (tertiary/aromatic N) is 1. The number of β-amino-alcohol motifs (C(OH)–C–C–N with tert-alkyl or cyclic N) is 1. The summed E-state index contributed by atoms with van der Waals surface area (Å²) in [7, 11) is 1.89. The third kappa shape index (κ3) is 5.54. The molecule has 7 nitrogen and oxygen atoms in total. The molecule has 1 heterocycles. The second-order valence-corrected chi connectivity index (χ2v) is 5.16. The average Bonchev–Trinajstić information content (AvgIpc) is 2.51. The van der Waals surface area contributed by atoms with Crippen LogP contribution in [-0.2, 0) is 9.59 Å². The van der Waals surface area contributed by atoms with Crippen LogP contribution >= 0.6 is 0 Å². The zero-order valence-electron chi connectivity index (χ0n) is 11.6. The van der Waals surface area contributed by atoms with Gasteiger partial charge in [-0.05, 0) is 12.8 Å². The minimum atomic E-state index is -0.609. The highest BCUT2D eigenvalue weighted by Gasteiger charge is 2.24. The highest BCUT2D eigenvalue weighted by molar-refractivity contribution is 5.79. The van der Waals surface area contributed by atoms with Crippen LogP contribution in [0.3, 0.4) is 0 Å². The molecule has 0 radical (unpaired) electrons. The van der Waals surface area contributed by atoms with Crippen molar-refractivity contribution < 1.29 is 14.7 Å². The number of hydrogen-bond donors (Lipinski definition) is 4. The van der Waals surface area contributed by atoms with E-state index >= 15 is 0 Å². The van der Waals surface area contributed by atoms with Gasteiger partial charge in [0.1, 0.15) is 0 Å². The van der Waals surface area contributed by atoms with Gasteiger partial charge in [-0.2, -0.15) is 0 Å². The first-order valence-corrected chi connectivity index (χ1v) is 6.61. The van der Waals surface area contributed by atoms with Crippen molar-refractivity contribution in [3.8, 4) is 0 Å². The van der Waals surface area contributed by atoms with Crippen LogP contribution in [0.25, 0.3) is 0 Å². The van der Waals surface area contributed by atoms with Crippen molar-refractivity contribution in [2.45, 2.75) is 38.3 Å². The maximum Gasteiger partial charge on any atom is 0.220 e. The molecule has 0 aromatic carbocycles. The monoisotopic (exact) mass is 272 g/mol. The van der Waals surface area contributed by atoms with Crippen molar-refractivity contribution in [3.63, 3.8) is 0 Å². The summed E-state index contributed by atoms with van der Waals surface area (Å²) in [6.07, 6.45) is 0.753. The molecular weight excluding hydrogens is 248 g/mol. The van der Waals surface area contributed by atoms with Crippen LogP contribution in [0, 0.1) is 5.92 Å². The molecule has 0 spiro atoms. The van der Waals surface area contributed by atoms with Crippen molar-refractivity contribution in [1.29, 1.82) is 0 Å². The summed E-state index contributed by atoms with van der Waals surface area (Å²) in [5.74, 6) is -0.854. The van der Waals surface area contributed by atoms with Gasteiger partial charge in [-0.1, -0.05) is 6.92 Å². The zero-order valence-corrected chi connectivity index (χ0v) is 11.6. The molecule has 0 aromatic rings. The Morgan fingerprint density at radius 2 is 2.26 bits per heavy atom. The molecule has 0 aliphatic carbocycles. The Morgan fingerprint density at radius 1 is 1.58 bits per heavy atom. The first kappa shape index (κ1) is 15.9. The van der Waals surface area contributed by atoms with E-state index in [1.165, 1.54) is 0 Å². The lowest BCUT2D eigenvalue weighted by atomic mass is 10.0. The quantitative estimate of drug-likeness (QED) is 0.491. The highest BCUT2D eigenvalue weighted by atomic mass is 16.3. The smallest absolute Gasteiger partial charge is 0.220 e. The van der Waals surface area contributed by atoms with E-state index in [-0.39, 0.29) is 24.3 Å². The van der Waals surface area contributed by atoms with Crippen LogP contribution in [0.15, 0.2) is 0 Å². The standard InChI is InChI=1S/C12H24N4O3/c1-8(12(13)19)3-4-11(18)15-9-5-6-16(2)14-7-10(9)17/h8-10,14,17H,3-7H2,1-2H3,(H2,13,19)(H,15,18). The Labute approximate surface area is 113 Å². The van der Waals surface area contributed by atoms with Gasteiger partial charge >= 0.3 is 0 Å². The van der Waals surface area contributed by atoms with Gasteiger partial charge in [0.25, 0.3) is 0 Å². The molecular formula is C12H24N4O3. The van der Waals surface area contributed by atoms with Crippen LogP contribution in [0.5, 0.6) is 0 Å². The largest absolute Gasteiger partial charge is 0.390 e. The maximum absolute atomic E-state index is 11.8. The number of nitrogens with one attached hydrogen (secondary N) is 2. The van der Waals surface area contributed by atoms with E-state index in [2.05, 4.69) is 10.7 Å². The van der Waals surface area contributed by atoms with Crippen LogP contribution in [-0.4, -0.2) is 54.2 Å². The van der Waals surface area contributed by atoms with Crippen LogP contribution in [0.1, 0.15) is 26.2 Å². The summed E-state index contributed by atoms with van der Waals surface area (Å²) < 4.78 is 0. The number of primary amides is 1. The lowest BCUT2D eigenvalue weighted by Gasteiger charge is -2.21. The van der Waals surface area contributed by atoms with E-state index in [1.807, 2.05) is 12.1 Å². The third-order valence-corrected chi connectivity index (χ3v) is 3.45. The van der Waals surface area contributed by atoms with E-state index in [0.29, 0.717) is 19.4 Å². The lowest BCUT2D eigenvalue weighted by molar-refractivity contribution is -0.124. The number of hydrogen-bond acceptors (Lipinski definition) is 5. The molecule has 110 valence electrons. The molecule has 0 aromatic heterocycles. The number of nitrogens with two attached hydrogens (primary N) is 1. The second kappa shape index (κ2) is 7.42. The molecule has 3 atom stereocenters. The van der Waals surface area contributed by atoms with Crippen molar-refractivity contribution in [2.75, 3.05) is 20.1 Å². The Hall–Kier alpha value is -1.18. The summed E-state index contributed by atoms with van der Waals surface area (Å²) >= 11 is 0. The number of carbonyl (C=O) groups excluding carboxylic acids is 2. The van der Waals surface area contributed by atoms with E-state index in [9.17, 15) is 14.7 Å². The Bertz CT molecular complexity index is 324. The van der Waals surface area contributed by atoms with Gasteiger partial charge in [0.05, 0.1) is 12.1 Å². The van der Waals surface area contributed by atoms with Gasteiger partial charge < -0.3 is 16.2 Å². The predicted molar refractivity (Wildman–Crippen MR) is 70.8 cm³/mol. The first-order valence-electron chi connectivity index (χ1n) is 6.61. The molecule has 5 N–H and O–H groups in total. The fourth-order valence-electron chi connectivity index (χ4n) is 1.93. The zero-order chi connectivity index (χ0) is 14.4. The maximum atomic E-state index is 11.8. The molecule has 2 amide bonds. The molecule has 0 bridgehead atoms. The first-order chi connectivity index (χ1) is 8.90. The van der Waals surface area contributed by atoms with Gasteiger partial charge in [-0.3, -0.25) is 15.0 Å². The normalized spacial score (nSPS) is 26.5. The third-order valence-electron chi connectivity index (χ3n) is 3.45. The predicted octanol–water partition coefficient (Wildman–Crippen LogP) is -1.43. The molecule has 3 unspecified atom stereocenters. The van der Waals surface area contributed by atoms with E-state index in [4.69, 9.17) is 5.73 Å². The van der Waals surface area contributed by atoms with Crippen molar-refractivity contribution in [1.82, 2.24) is 15.8 Å². The summed E-state index contributed by atoms with van der Waals surface area (Å²) in [4.78, 5) is 22.6. The van der Waals surface area contributed by atoms with Gasteiger partial charge in [-0.15, -0.1) is 0 Å². The fraction of sp³-hybridized carbons (Fsp3) is 0.833. The SMILES string of the molecule is CC(CCC(=O)NC1CCN(C)NCC1O)C(N)=O. The number of aliphatic hydroxyl groups excluding tert-OH is 1. The highest BCUT2D eigenvalue weighted by Crippen LogP contribution is 2.07. The molecule has 7 heteroatoms.